The van der Waals surface area contributed by atoms with Crippen molar-refractivity contribution in [2.75, 3.05) is 18.1 Å². The average Bonchev–Trinajstić information content (AvgIpc) is 3.52. The molecule has 1 aromatic carbocycles. The van der Waals surface area contributed by atoms with Crippen LogP contribution in [0.1, 0.15) is 36.0 Å². The van der Waals surface area contributed by atoms with Gasteiger partial charge < -0.3 is 19.0 Å². The second-order valence-corrected chi connectivity index (χ2v) is 7.41. The molecule has 31 heavy (non-hydrogen) atoms. The molecule has 1 aliphatic heterocycles. The second kappa shape index (κ2) is 8.65. The maximum atomic E-state index is 13.2. The van der Waals surface area contributed by atoms with E-state index in [4.69, 9.17) is 13.9 Å². The average molecular weight is 440 g/mol. The molecule has 1 N–H and O–H groups in total. The summed E-state index contributed by atoms with van der Waals surface area (Å²) < 4.78 is 16.6. The number of ketones is 1. The Labute approximate surface area is 182 Å². The first-order valence-corrected chi connectivity index (χ1v) is 10.6. The predicted molar refractivity (Wildman–Crippen MR) is 114 cm³/mol. The lowest BCUT2D eigenvalue weighted by Crippen LogP contribution is -2.31. The number of hydrogen-bond donors (Lipinski definition) is 1. The van der Waals surface area contributed by atoms with Crippen molar-refractivity contribution in [3.63, 3.8) is 0 Å². The van der Waals surface area contributed by atoms with Crippen molar-refractivity contribution in [3.05, 3.63) is 70.8 Å². The van der Waals surface area contributed by atoms with E-state index in [2.05, 4.69) is 4.98 Å². The van der Waals surface area contributed by atoms with Crippen LogP contribution in [0.15, 0.2) is 63.9 Å². The molecule has 1 aliphatic rings. The van der Waals surface area contributed by atoms with Gasteiger partial charge in [0.05, 0.1) is 31.1 Å². The Morgan fingerprint density at radius 1 is 1.23 bits per heavy atom. The summed E-state index contributed by atoms with van der Waals surface area (Å²) in [5, 5.41) is 12.8. The summed E-state index contributed by atoms with van der Waals surface area (Å²) in [7, 11) is 0. The lowest BCUT2D eigenvalue weighted by molar-refractivity contribution is -0.117. The Hall–Kier alpha value is -3.59. The molecule has 4 rings (SSSR count). The SMILES string of the molecule is CCOc1ccc(C2C(C(=O)c3ccco3)=C(O)C(=O)N2c2nccs2)cc1OCC. The Kier molecular flexibility index (Phi) is 5.77. The third-order valence-electron chi connectivity index (χ3n) is 4.71. The number of anilines is 1. The molecular formula is C22H20N2O6S. The summed E-state index contributed by atoms with van der Waals surface area (Å²) in [4.78, 5) is 31.7. The minimum atomic E-state index is -0.911. The number of aliphatic hydroxyl groups excluding tert-OH is 1. The number of nitrogens with zero attached hydrogens (tertiary/aromatic N) is 2. The summed E-state index contributed by atoms with van der Waals surface area (Å²) in [5.41, 5.74) is 0.483. The Morgan fingerprint density at radius 2 is 2.00 bits per heavy atom. The molecule has 1 atom stereocenters. The van der Waals surface area contributed by atoms with Gasteiger partial charge in [-0.2, -0.15) is 0 Å². The topological polar surface area (TPSA) is 102 Å². The second-order valence-electron chi connectivity index (χ2n) is 6.53. The van der Waals surface area contributed by atoms with Crippen LogP contribution in [0.25, 0.3) is 0 Å². The summed E-state index contributed by atoms with van der Waals surface area (Å²) in [6.45, 7) is 4.57. The van der Waals surface area contributed by atoms with E-state index < -0.39 is 23.5 Å². The number of aromatic nitrogens is 1. The largest absolute Gasteiger partial charge is 0.503 e. The van der Waals surface area contributed by atoms with Crippen LogP contribution in [0.3, 0.4) is 0 Å². The monoisotopic (exact) mass is 440 g/mol. The van der Waals surface area contributed by atoms with Crippen LogP contribution in [0.4, 0.5) is 5.13 Å². The lowest BCUT2D eigenvalue weighted by Gasteiger charge is -2.25. The molecule has 3 aromatic rings. The van der Waals surface area contributed by atoms with E-state index in [0.29, 0.717) is 35.4 Å². The van der Waals surface area contributed by atoms with Crippen molar-refractivity contribution in [2.45, 2.75) is 19.9 Å². The molecule has 2 aromatic heterocycles. The summed E-state index contributed by atoms with van der Waals surface area (Å²) >= 11 is 1.23. The smallest absolute Gasteiger partial charge is 0.296 e. The Balaban J connectivity index is 1.86. The summed E-state index contributed by atoms with van der Waals surface area (Å²) in [6, 6.07) is 7.31. The van der Waals surface area contributed by atoms with Gasteiger partial charge in [0, 0.05) is 11.6 Å². The fraction of sp³-hybridized carbons (Fsp3) is 0.227. The van der Waals surface area contributed by atoms with Crippen molar-refractivity contribution >= 4 is 28.2 Å². The first kappa shape index (κ1) is 20.7. The molecule has 8 nitrogen and oxygen atoms in total. The molecule has 9 heteroatoms. The van der Waals surface area contributed by atoms with E-state index >= 15 is 0 Å². The van der Waals surface area contributed by atoms with Crippen molar-refractivity contribution in [3.8, 4) is 11.5 Å². The van der Waals surface area contributed by atoms with Crippen LogP contribution in [-0.2, 0) is 4.79 Å². The number of aliphatic hydroxyl groups is 1. The van der Waals surface area contributed by atoms with Gasteiger partial charge in [0.15, 0.2) is 28.1 Å². The van der Waals surface area contributed by atoms with Gasteiger partial charge in [-0.05, 0) is 43.7 Å². The van der Waals surface area contributed by atoms with Crippen molar-refractivity contribution in [2.24, 2.45) is 0 Å². The molecular weight excluding hydrogens is 420 g/mol. The highest BCUT2D eigenvalue weighted by Crippen LogP contribution is 2.44. The molecule has 0 aliphatic carbocycles. The number of carbonyl (C=O) groups excluding carboxylic acids is 2. The molecule has 1 unspecified atom stereocenters. The van der Waals surface area contributed by atoms with Crippen LogP contribution >= 0.6 is 11.3 Å². The number of rotatable bonds is 8. The standard InChI is InChI=1S/C22H20N2O6S/c1-3-28-14-8-7-13(12-16(14)29-4-2)18-17(19(25)15-6-5-10-30-15)20(26)21(27)24(18)22-23-9-11-31-22/h5-12,18,26H,3-4H2,1-2H3. The first-order chi connectivity index (χ1) is 15.1. The number of ether oxygens (including phenoxy) is 2. The minimum Gasteiger partial charge on any atom is -0.503 e. The normalized spacial score (nSPS) is 16.1. The molecule has 3 heterocycles. The van der Waals surface area contributed by atoms with Gasteiger partial charge in [-0.15, -0.1) is 11.3 Å². The summed E-state index contributed by atoms with van der Waals surface area (Å²) in [5.74, 6) is -0.867. The maximum Gasteiger partial charge on any atom is 0.296 e. The van der Waals surface area contributed by atoms with Gasteiger partial charge >= 0.3 is 0 Å². The predicted octanol–water partition coefficient (Wildman–Crippen LogP) is 4.32. The van der Waals surface area contributed by atoms with E-state index in [1.807, 2.05) is 13.8 Å². The van der Waals surface area contributed by atoms with Crippen LogP contribution in [-0.4, -0.2) is 35.0 Å². The van der Waals surface area contributed by atoms with E-state index in [0.717, 1.165) is 0 Å². The third kappa shape index (κ3) is 3.68. The number of benzene rings is 1. The fourth-order valence-electron chi connectivity index (χ4n) is 3.46. The van der Waals surface area contributed by atoms with E-state index in [9.17, 15) is 14.7 Å². The molecule has 0 radical (unpaired) electrons. The van der Waals surface area contributed by atoms with Crippen molar-refractivity contribution in [1.82, 2.24) is 4.98 Å². The van der Waals surface area contributed by atoms with E-state index in [-0.39, 0.29) is 11.3 Å². The highest BCUT2D eigenvalue weighted by atomic mass is 32.1. The number of carbonyl (C=O) groups is 2. The number of amides is 1. The van der Waals surface area contributed by atoms with Crippen LogP contribution < -0.4 is 14.4 Å². The number of Topliss-reactive ketones (excluding diaryl/α,β-unsaturated/α-hetero) is 1. The Morgan fingerprint density at radius 3 is 2.65 bits per heavy atom. The van der Waals surface area contributed by atoms with Gasteiger partial charge in [0.2, 0.25) is 5.78 Å². The van der Waals surface area contributed by atoms with Crippen LogP contribution in [0.5, 0.6) is 11.5 Å². The van der Waals surface area contributed by atoms with Gasteiger partial charge in [-0.25, -0.2) is 4.98 Å². The number of thiazole rings is 1. The van der Waals surface area contributed by atoms with E-state index in [1.54, 1.807) is 35.8 Å². The molecule has 0 bridgehead atoms. The van der Waals surface area contributed by atoms with Gasteiger partial charge in [0.25, 0.3) is 5.91 Å². The molecule has 0 fully saturated rings. The fourth-order valence-corrected chi connectivity index (χ4v) is 4.13. The zero-order valence-electron chi connectivity index (χ0n) is 16.9. The van der Waals surface area contributed by atoms with Crippen LogP contribution in [0.2, 0.25) is 0 Å². The quantitative estimate of drug-likeness (QED) is 0.521. The van der Waals surface area contributed by atoms with Crippen molar-refractivity contribution in [1.29, 1.82) is 0 Å². The van der Waals surface area contributed by atoms with E-state index in [1.165, 1.54) is 28.6 Å². The third-order valence-corrected chi connectivity index (χ3v) is 5.48. The van der Waals surface area contributed by atoms with Crippen molar-refractivity contribution < 1.29 is 28.6 Å². The molecule has 0 saturated carbocycles. The highest BCUT2D eigenvalue weighted by Gasteiger charge is 2.46. The zero-order valence-corrected chi connectivity index (χ0v) is 17.7. The zero-order chi connectivity index (χ0) is 22.0. The van der Waals surface area contributed by atoms with Gasteiger partial charge in [0.1, 0.15) is 0 Å². The van der Waals surface area contributed by atoms with Gasteiger partial charge in [-0.3, -0.25) is 14.5 Å². The maximum absolute atomic E-state index is 13.2. The Bertz CT molecular complexity index is 1120. The van der Waals surface area contributed by atoms with Gasteiger partial charge in [-0.1, -0.05) is 6.07 Å². The number of furan rings is 1. The molecule has 0 spiro atoms. The molecule has 1 amide bonds. The molecule has 0 saturated heterocycles. The minimum absolute atomic E-state index is 0.0244. The number of hydrogen-bond acceptors (Lipinski definition) is 8. The first-order valence-electron chi connectivity index (χ1n) is 9.70. The summed E-state index contributed by atoms with van der Waals surface area (Å²) in [6.07, 6.45) is 2.91. The highest BCUT2D eigenvalue weighted by molar-refractivity contribution is 7.13. The lowest BCUT2D eigenvalue weighted by atomic mass is 9.95. The molecule has 160 valence electrons. The van der Waals surface area contributed by atoms with Crippen LogP contribution in [0, 0.1) is 0 Å².